The van der Waals surface area contributed by atoms with Crippen LogP contribution >= 0.6 is 35.0 Å². The molecule has 0 aromatic heterocycles. The van der Waals surface area contributed by atoms with Gasteiger partial charge in [0.05, 0.1) is 5.02 Å². The Bertz CT molecular complexity index is 341. The van der Waals surface area contributed by atoms with Crippen molar-refractivity contribution in [3.05, 3.63) is 28.2 Å². The molecule has 0 fully saturated rings. The van der Waals surface area contributed by atoms with Gasteiger partial charge in [-0.2, -0.15) is 0 Å². The fourth-order valence-electron chi connectivity index (χ4n) is 1.26. The van der Waals surface area contributed by atoms with E-state index in [2.05, 4.69) is 0 Å². The van der Waals surface area contributed by atoms with E-state index < -0.39 is 0 Å². The van der Waals surface area contributed by atoms with Crippen molar-refractivity contribution in [2.24, 2.45) is 0 Å². The molecule has 0 aliphatic heterocycles. The van der Waals surface area contributed by atoms with Gasteiger partial charge in [0.1, 0.15) is 0 Å². The Hall–Kier alpha value is 0.0700. The average molecular weight is 295 g/mol. The maximum atomic E-state index is 6.07. The Balaban J connectivity index is 2.55. The van der Waals surface area contributed by atoms with Crippen LogP contribution in [0.5, 0.6) is 0 Å². The lowest BCUT2D eigenvalue weighted by Gasteiger charge is -2.16. The molecule has 1 aromatic rings. The molecule has 17 heavy (non-hydrogen) atoms. The first-order valence-corrected chi connectivity index (χ1v) is 7.22. The van der Waals surface area contributed by atoms with Crippen molar-refractivity contribution in [3.8, 4) is 0 Å². The van der Waals surface area contributed by atoms with Crippen LogP contribution < -0.4 is 0 Å². The number of benzene rings is 1. The van der Waals surface area contributed by atoms with Gasteiger partial charge in [0.25, 0.3) is 0 Å². The molecule has 0 N–H and O–H groups in total. The zero-order valence-electron chi connectivity index (χ0n) is 9.91. The molecule has 0 saturated carbocycles. The molecular weight excluding hydrogens is 279 g/mol. The number of hydrogen-bond acceptors (Lipinski definition) is 3. The van der Waals surface area contributed by atoms with E-state index in [0.717, 1.165) is 4.90 Å². The van der Waals surface area contributed by atoms with Crippen molar-refractivity contribution in [2.45, 2.75) is 25.0 Å². The lowest BCUT2D eigenvalue weighted by atomic mass is 10.4. The van der Waals surface area contributed by atoms with Crippen LogP contribution in [0.3, 0.4) is 0 Å². The van der Waals surface area contributed by atoms with Crippen molar-refractivity contribution >= 4 is 35.0 Å². The third-order valence-corrected chi connectivity index (χ3v) is 3.74. The second kappa shape index (κ2) is 8.22. The Morgan fingerprint density at radius 2 is 1.82 bits per heavy atom. The third-order valence-electron chi connectivity index (χ3n) is 1.97. The minimum Gasteiger partial charge on any atom is -0.352 e. The van der Waals surface area contributed by atoms with E-state index in [1.165, 1.54) is 0 Å². The fraction of sp³-hybridized carbons (Fsp3) is 0.500. The summed E-state index contributed by atoms with van der Waals surface area (Å²) >= 11 is 13.6. The predicted molar refractivity (Wildman–Crippen MR) is 74.2 cm³/mol. The van der Waals surface area contributed by atoms with Gasteiger partial charge < -0.3 is 9.47 Å². The quantitative estimate of drug-likeness (QED) is 0.545. The van der Waals surface area contributed by atoms with Crippen LogP contribution in [0.2, 0.25) is 10.0 Å². The van der Waals surface area contributed by atoms with E-state index in [9.17, 15) is 0 Å². The summed E-state index contributed by atoms with van der Waals surface area (Å²) in [5, 5.41) is 1.38. The molecule has 0 atom stereocenters. The first-order valence-electron chi connectivity index (χ1n) is 5.48. The SMILES string of the molecule is CCOC(CSc1cc(Cl)ccc1Cl)OCC. The molecule has 1 rings (SSSR count). The topological polar surface area (TPSA) is 18.5 Å². The van der Waals surface area contributed by atoms with Crippen molar-refractivity contribution in [1.29, 1.82) is 0 Å². The standard InChI is InChI=1S/C12H16Cl2O2S/c1-3-15-12(16-4-2)8-17-11-7-9(13)5-6-10(11)14/h5-7,12H,3-4,8H2,1-2H3. The molecule has 0 amide bonds. The highest BCUT2D eigenvalue weighted by Gasteiger charge is 2.10. The highest BCUT2D eigenvalue weighted by atomic mass is 35.5. The molecule has 5 heteroatoms. The second-order valence-electron chi connectivity index (χ2n) is 3.23. The Labute approximate surface area is 117 Å². The summed E-state index contributed by atoms with van der Waals surface area (Å²) in [5.41, 5.74) is 0. The Morgan fingerprint density at radius 3 is 2.41 bits per heavy atom. The molecule has 96 valence electrons. The third kappa shape index (κ3) is 5.49. The van der Waals surface area contributed by atoms with Crippen molar-refractivity contribution in [3.63, 3.8) is 0 Å². The summed E-state index contributed by atoms with van der Waals surface area (Å²) in [4.78, 5) is 0.948. The zero-order chi connectivity index (χ0) is 12.7. The van der Waals surface area contributed by atoms with Gasteiger partial charge in [-0.1, -0.05) is 23.2 Å². The summed E-state index contributed by atoms with van der Waals surface area (Å²) in [6.45, 7) is 5.16. The Kier molecular flexibility index (Phi) is 7.32. The van der Waals surface area contributed by atoms with Gasteiger partial charge in [0.15, 0.2) is 6.29 Å². The molecule has 0 spiro atoms. The van der Waals surface area contributed by atoms with Crippen LogP contribution in [0.25, 0.3) is 0 Å². The number of thioether (sulfide) groups is 1. The van der Waals surface area contributed by atoms with Gasteiger partial charge in [0.2, 0.25) is 0 Å². The van der Waals surface area contributed by atoms with Crippen LogP contribution in [0.1, 0.15) is 13.8 Å². The van der Waals surface area contributed by atoms with Crippen LogP contribution in [0.15, 0.2) is 23.1 Å². The normalized spacial score (nSPS) is 11.1. The van der Waals surface area contributed by atoms with Gasteiger partial charge in [0, 0.05) is 28.9 Å². The van der Waals surface area contributed by atoms with E-state index in [-0.39, 0.29) is 6.29 Å². The summed E-state index contributed by atoms with van der Waals surface area (Å²) < 4.78 is 10.9. The van der Waals surface area contributed by atoms with Crippen LogP contribution in [-0.2, 0) is 9.47 Å². The molecule has 0 heterocycles. The summed E-state index contributed by atoms with van der Waals surface area (Å²) in [5.74, 6) is 0.696. The molecule has 0 bridgehead atoms. The monoisotopic (exact) mass is 294 g/mol. The maximum absolute atomic E-state index is 6.07. The summed E-state index contributed by atoms with van der Waals surface area (Å²) in [7, 11) is 0. The van der Waals surface area contributed by atoms with E-state index in [0.29, 0.717) is 29.0 Å². The second-order valence-corrected chi connectivity index (χ2v) is 5.13. The molecular formula is C12H16Cl2O2S. The highest BCUT2D eigenvalue weighted by Crippen LogP contribution is 2.30. The van der Waals surface area contributed by atoms with Crippen LogP contribution in [0.4, 0.5) is 0 Å². The van der Waals surface area contributed by atoms with E-state index in [4.69, 9.17) is 32.7 Å². The molecule has 0 aliphatic rings. The number of rotatable bonds is 7. The number of ether oxygens (including phenoxy) is 2. The zero-order valence-corrected chi connectivity index (χ0v) is 12.2. The summed E-state index contributed by atoms with van der Waals surface area (Å²) in [6.07, 6.45) is -0.204. The molecule has 1 aromatic carbocycles. The van der Waals surface area contributed by atoms with Gasteiger partial charge in [-0.3, -0.25) is 0 Å². The van der Waals surface area contributed by atoms with E-state index in [1.54, 1.807) is 23.9 Å². The molecule has 0 radical (unpaired) electrons. The average Bonchev–Trinajstić information content (AvgIpc) is 2.30. The minimum atomic E-state index is -0.204. The van der Waals surface area contributed by atoms with Gasteiger partial charge in [-0.25, -0.2) is 0 Å². The lowest BCUT2D eigenvalue weighted by Crippen LogP contribution is -2.19. The molecule has 0 unspecified atom stereocenters. The smallest absolute Gasteiger partial charge is 0.166 e. The van der Waals surface area contributed by atoms with E-state index >= 15 is 0 Å². The van der Waals surface area contributed by atoms with Gasteiger partial charge in [-0.15, -0.1) is 11.8 Å². The van der Waals surface area contributed by atoms with Crippen LogP contribution in [0, 0.1) is 0 Å². The van der Waals surface area contributed by atoms with Gasteiger partial charge >= 0.3 is 0 Å². The predicted octanol–water partition coefficient (Wildman–Crippen LogP) is 4.48. The van der Waals surface area contributed by atoms with Crippen LogP contribution in [-0.4, -0.2) is 25.3 Å². The fourth-order valence-corrected chi connectivity index (χ4v) is 2.70. The van der Waals surface area contributed by atoms with Gasteiger partial charge in [-0.05, 0) is 32.0 Å². The Morgan fingerprint density at radius 1 is 1.18 bits per heavy atom. The van der Waals surface area contributed by atoms with E-state index in [1.807, 2.05) is 19.9 Å². The van der Waals surface area contributed by atoms with Crippen molar-refractivity contribution in [1.82, 2.24) is 0 Å². The first kappa shape index (κ1) is 15.1. The van der Waals surface area contributed by atoms with Crippen molar-refractivity contribution in [2.75, 3.05) is 19.0 Å². The van der Waals surface area contributed by atoms with Crippen molar-refractivity contribution < 1.29 is 9.47 Å². The largest absolute Gasteiger partial charge is 0.352 e. The first-order chi connectivity index (χ1) is 8.17. The number of hydrogen-bond donors (Lipinski definition) is 0. The number of halogens is 2. The highest BCUT2D eigenvalue weighted by molar-refractivity contribution is 7.99. The minimum absolute atomic E-state index is 0.204. The molecule has 0 aliphatic carbocycles. The lowest BCUT2D eigenvalue weighted by molar-refractivity contribution is -0.120. The summed E-state index contributed by atoms with van der Waals surface area (Å²) in [6, 6.07) is 5.42. The maximum Gasteiger partial charge on any atom is 0.166 e. The molecule has 0 saturated heterocycles. The molecule has 2 nitrogen and oxygen atoms in total.